The number of hydrogen-bond donors (Lipinski definition) is 0. The zero-order valence-electron chi connectivity index (χ0n) is 14.0. The maximum absolute atomic E-state index is 12.4. The molecule has 0 radical (unpaired) electrons. The van der Waals surface area contributed by atoms with Crippen molar-refractivity contribution in [2.45, 2.75) is 18.4 Å². The standard InChI is InChI=1S/C19H20O3S2/c1-12-8-13(2)10-15(9-12)18(20)22-16-5-4-14(11-17(16)21-3)19-23-6-7-24-19/h4-5,8-11,19H,6-7H2,1-3H3. The lowest BCUT2D eigenvalue weighted by atomic mass is 10.1. The van der Waals surface area contributed by atoms with E-state index in [1.165, 1.54) is 17.1 Å². The first-order chi connectivity index (χ1) is 11.6. The van der Waals surface area contributed by atoms with Crippen molar-refractivity contribution in [2.24, 2.45) is 0 Å². The molecule has 24 heavy (non-hydrogen) atoms. The predicted octanol–water partition coefficient (Wildman–Crippen LogP) is 5.01. The number of hydrogen-bond acceptors (Lipinski definition) is 5. The molecule has 1 fully saturated rings. The number of carbonyl (C=O) groups is 1. The van der Waals surface area contributed by atoms with Gasteiger partial charge in [-0.25, -0.2) is 4.79 Å². The zero-order chi connectivity index (χ0) is 17.1. The zero-order valence-corrected chi connectivity index (χ0v) is 15.6. The van der Waals surface area contributed by atoms with Gasteiger partial charge in [0.2, 0.25) is 0 Å². The molecule has 2 aromatic rings. The second kappa shape index (κ2) is 7.53. The summed E-state index contributed by atoms with van der Waals surface area (Å²) in [5.41, 5.74) is 3.84. The van der Waals surface area contributed by atoms with Gasteiger partial charge >= 0.3 is 5.97 Å². The van der Waals surface area contributed by atoms with Gasteiger partial charge < -0.3 is 9.47 Å². The van der Waals surface area contributed by atoms with Crippen LogP contribution in [0.4, 0.5) is 0 Å². The molecule has 0 unspecified atom stereocenters. The van der Waals surface area contributed by atoms with Gasteiger partial charge in [-0.15, -0.1) is 23.5 Å². The number of carbonyl (C=O) groups excluding carboxylic acids is 1. The molecule has 0 amide bonds. The maximum Gasteiger partial charge on any atom is 0.343 e. The summed E-state index contributed by atoms with van der Waals surface area (Å²) in [4.78, 5) is 12.4. The van der Waals surface area contributed by atoms with E-state index in [1.54, 1.807) is 7.11 Å². The lowest BCUT2D eigenvalue weighted by Crippen LogP contribution is -2.10. The summed E-state index contributed by atoms with van der Waals surface area (Å²) in [6.07, 6.45) is 0. The van der Waals surface area contributed by atoms with Crippen molar-refractivity contribution in [3.8, 4) is 11.5 Å². The normalized spacial score (nSPS) is 14.6. The summed E-state index contributed by atoms with van der Waals surface area (Å²) in [5, 5.41) is 0. The second-order valence-corrected chi connectivity index (χ2v) is 8.47. The van der Waals surface area contributed by atoms with Crippen molar-refractivity contribution < 1.29 is 14.3 Å². The van der Waals surface area contributed by atoms with Crippen molar-refractivity contribution in [1.29, 1.82) is 0 Å². The van der Waals surface area contributed by atoms with Crippen LogP contribution in [0.25, 0.3) is 0 Å². The second-order valence-electron chi connectivity index (χ2n) is 5.75. The Morgan fingerprint density at radius 2 is 1.67 bits per heavy atom. The van der Waals surface area contributed by atoms with Gasteiger partial charge in [0.1, 0.15) is 0 Å². The quantitative estimate of drug-likeness (QED) is 0.566. The summed E-state index contributed by atoms with van der Waals surface area (Å²) in [7, 11) is 1.60. The predicted molar refractivity (Wildman–Crippen MR) is 102 cm³/mol. The lowest BCUT2D eigenvalue weighted by molar-refractivity contribution is 0.0729. The Balaban J connectivity index is 1.82. The van der Waals surface area contributed by atoms with Gasteiger partial charge in [-0.3, -0.25) is 0 Å². The molecule has 3 nitrogen and oxygen atoms in total. The highest BCUT2D eigenvalue weighted by atomic mass is 32.2. The number of thioether (sulfide) groups is 2. The van der Waals surface area contributed by atoms with Crippen molar-refractivity contribution >= 4 is 29.5 Å². The number of methoxy groups -OCH3 is 1. The minimum absolute atomic E-state index is 0.363. The van der Waals surface area contributed by atoms with Crippen LogP contribution in [0.1, 0.15) is 31.6 Å². The minimum Gasteiger partial charge on any atom is -0.493 e. The average Bonchev–Trinajstić information content (AvgIpc) is 3.08. The SMILES string of the molecule is COc1cc(C2SCCS2)ccc1OC(=O)c1cc(C)cc(C)c1. The molecule has 0 aliphatic carbocycles. The summed E-state index contributed by atoms with van der Waals surface area (Å²) >= 11 is 3.87. The molecule has 2 aromatic carbocycles. The molecule has 0 N–H and O–H groups in total. The topological polar surface area (TPSA) is 35.5 Å². The number of ether oxygens (including phenoxy) is 2. The Kier molecular flexibility index (Phi) is 5.41. The third-order valence-corrected chi connectivity index (χ3v) is 6.85. The molecular weight excluding hydrogens is 340 g/mol. The number of esters is 1. The van der Waals surface area contributed by atoms with Gasteiger partial charge in [-0.1, -0.05) is 23.3 Å². The van der Waals surface area contributed by atoms with E-state index in [1.807, 2.05) is 73.8 Å². The lowest BCUT2D eigenvalue weighted by Gasteiger charge is -2.14. The van der Waals surface area contributed by atoms with E-state index in [0.29, 0.717) is 21.6 Å². The first kappa shape index (κ1) is 17.2. The van der Waals surface area contributed by atoms with E-state index in [2.05, 4.69) is 0 Å². The van der Waals surface area contributed by atoms with Crippen LogP contribution in [0.2, 0.25) is 0 Å². The molecular formula is C19H20O3S2. The Hall–Kier alpha value is -1.59. The van der Waals surface area contributed by atoms with E-state index in [9.17, 15) is 4.79 Å². The summed E-state index contributed by atoms with van der Waals surface area (Å²) < 4.78 is 11.4. The Morgan fingerprint density at radius 3 is 2.29 bits per heavy atom. The van der Waals surface area contributed by atoms with Crippen LogP contribution in [-0.4, -0.2) is 24.6 Å². The summed E-state index contributed by atoms with van der Waals surface area (Å²) in [6, 6.07) is 11.5. The molecule has 0 bridgehead atoms. The van der Waals surface area contributed by atoms with Crippen LogP contribution >= 0.6 is 23.5 Å². The van der Waals surface area contributed by atoms with E-state index >= 15 is 0 Å². The van der Waals surface area contributed by atoms with E-state index in [0.717, 1.165) is 11.1 Å². The Bertz CT molecular complexity index is 732. The van der Waals surface area contributed by atoms with Gasteiger partial charge in [0, 0.05) is 11.5 Å². The molecule has 0 saturated carbocycles. The fraction of sp³-hybridized carbons (Fsp3) is 0.316. The highest BCUT2D eigenvalue weighted by Gasteiger charge is 2.21. The largest absolute Gasteiger partial charge is 0.493 e. The van der Waals surface area contributed by atoms with Gasteiger partial charge in [0.25, 0.3) is 0 Å². The maximum atomic E-state index is 12.4. The van der Waals surface area contributed by atoms with Crippen LogP contribution in [0.3, 0.4) is 0 Å². The van der Waals surface area contributed by atoms with Crippen LogP contribution in [0.5, 0.6) is 11.5 Å². The summed E-state index contributed by atoms with van der Waals surface area (Å²) in [5.74, 6) is 3.02. The monoisotopic (exact) mass is 360 g/mol. The van der Waals surface area contributed by atoms with E-state index in [-0.39, 0.29) is 5.97 Å². The van der Waals surface area contributed by atoms with Crippen LogP contribution in [-0.2, 0) is 0 Å². The van der Waals surface area contributed by atoms with Gasteiger partial charge in [-0.2, -0.15) is 0 Å². The van der Waals surface area contributed by atoms with Crippen molar-refractivity contribution in [3.63, 3.8) is 0 Å². The molecule has 126 valence electrons. The fourth-order valence-electron chi connectivity index (χ4n) is 2.72. The average molecular weight is 361 g/mol. The molecule has 1 saturated heterocycles. The smallest absolute Gasteiger partial charge is 0.343 e. The third kappa shape index (κ3) is 3.90. The highest BCUT2D eigenvalue weighted by Crippen LogP contribution is 2.47. The Morgan fingerprint density at radius 1 is 1.00 bits per heavy atom. The number of aryl methyl sites for hydroxylation is 2. The van der Waals surface area contributed by atoms with E-state index in [4.69, 9.17) is 9.47 Å². The Labute approximate surface area is 151 Å². The van der Waals surface area contributed by atoms with Crippen LogP contribution in [0, 0.1) is 13.8 Å². The molecule has 0 aromatic heterocycles. The third-order valence-electron chi connectivity index (χ3n) is 3.74. The molecule has 3 rings (SSSR count). The van der Waals surface area contributed by atoms with Crippen molar-refractivity contribution in [1.82, 2.24) is 0 Å². The van der Waals surface area contributed by atoms with E-state index < -0.39 is 0 Å². The molecule has 1 aliphatic heterocycles. The van der Waals surface area contributed by atoms with Crippen molar-refractivity contribution in [3.05, 3.63) is 58.7 Å². The number of rotatable bonds is 4. The minimum atomic E-state index is -0.363. The van der Waals surface area contributed by atoms with Crippen LogP contribution in [0.15, 0.2) is 36.4 Å². The summed E-state index contributed by atoms with van der Waals surface area (Å²) in [6.45, 7) is 3.94. The fourth-order valence-corrected chi connectivity index (χ4v) is 5.56. The molecule has 0 atom stereocenters. The van der Waals surface area contributed by atoms with Crippen LogP contribution < -0.4 is 9.47 Å². The number of benzene rings is 2. The van der Waals surface area contributed by atoms with Gasteiger partial charge in [0.05, 0.1) is 17.3 Å². The molecule has 1 heterocycles. The molecule has 0 spiro atoms. The highest BCUT2D eigenvalue weighted by molar-refractivity contribution is 8.19. The first-order valence-corrected chi connectivity index (χ1v) is 9.88. The first-order valence-electron chi connectivity index (χ1n) is 7.78. The van der Waals surface area contributed by atoms with Gasteiger partial charge in [0.15, 0.2) is 11.5 Å². The van der Waals surface area contributed by atoms with Gasteiger partial charge in [-0.05, 0) is 43.7 Å². The van der Waals surface area contributed by atoms with Crippen molar-refractivity contribution in [2.75, 3.05) is 18.6 Å². The molecule has 5 heteroatoms. The molecule has 1 aliphatic rings.